The molecular formula is C28H34ClFN6O8. The van der Waals surface area contributed by atoms with Gasteiger partial charge in [-0.15, -0.1) is 0 Å². The quantitative estimate of drug-likeness (QED) is 0.240. The van der Waals surface area contributed by atoms with Crippen LogP contribution in [0.1, 0.15) is 0 Å². The standard InChI is InChI=1S/C10H11FN2O4.C9H11ClN2O2.C9H12N2O2/c1-13(17-6-9(14)15)10(16)12-8-4-2-7(11)3-5-8;1-12(14-2)9(13)11-8-5-3-7(10)4-6-8;1-11(13-2)9(12)10-8-6-4-3-5-7-8/h2-5H,6H2,1H3,(H,12,16)(H,14,15);3-6H,1-2H3,(H,11,13);3-7H,1-2H3,(H,10,12). The number of carboxylic acids is 1. The van der Waals surface area contributed by atoms with Crippen LogP contribution in [-0.2, 0) is 19.3 Å². The number of para-hydroxylation sites is 1. The molecule has 44 heavy (non-hydrogen) atoms. The molecule has 0 aliphatic carbocycles. The summed E-state index contributed by atoms with van der Waals surface area (Å²) in [6, 6.07) is 19.9. The fraction of sp³-hybridized carbons (Fsp3) is 0.214. The van der Waals surface area contributed by atoms with Crippen LogP contribution >= 0.6 is 11.6 Å². The lowest BCUT2D eigenvalue weighted by atomic mass is 10.3. The second-order valence-electron chi connectivity index (χ2n) is 8.19. The van der Waals surface area contributed by atoms with Crippen LogP contribution in [-0.4, -0.2) is 86.3 Å². The molecule has 0 saturated carbocycles. The predicted molar refractivity (Wildman–Crippen MR) is 162 cm³/mol. The van der Waals surface area contributed by atoms with Crippen LogP contribution in [0.2, 0.25) is 5.02 Å². The van der Waals surface area contributed by atoms with E-state index in [1.165, 1.54) is 59.6 Å². The van der Waals surface area contributed by atoms with Crippen molar-refractivity contribution in [2.45, 2.75) is 0 Å². The van der Waals surface area contributed by atoms with E-state index >= 15 is 0 Å². The van der Waals surface area contributed by atoms with Gasteiger partial charge < -0.3 is 21.1 Å². The van der Waals surface area contributed by atoms with Gasteiger partial charge in [0.25, 0.3) is 0 Å². The Hall–Kier alpha value is -4.96. The lowest BCUT2D eigenvalue weighted by Gasteiger charge is -2.16. The van der Waals surface area contributed by atoms with Crippen molar-refractivity contribution in [2.24, 2.45) is 0 Å². The van der Waals surface area contributed by atoms with Crippen LogP contribution in [0.4, 0.5) is 35.8 Å². The van der Waals surface area contributed by atoms with E-state index in [1.54, 1.807) is 36.4 Å². The molecule has 0 radical (unpaired) electrons. The van der Waals surface area contributed by atoms with Crippen LogP contribution in [0.5, 0.6) is 0 Å². The number of aliphatic carboxylic acids is 1. The highest BCUT2D eigenvalue weighted by molar-refractivity contribution is 6.30. The number of hydroxylamine groups is 6. The summed E-state index contributed by atoms with van der Waals surface area (Å²) < 4.78 is 12.6. The summed E-state index contributed by atoms with van der Waals surface area (Å²) >= 11 is 5.69. The Balaban J connectivity index is 0.000000333. The van der Waals surface area contributed by atoms with Crippen LogP contribution in [0, 0.1) is 5.82 Å². The van der Waals surface area contributed by atoms with Crippen molar-refractivity contribution in [1.82, 2.24) is 15.2 Å². The van der Waals surface area contributed by atoms with Crippen LogP contribution in [0.3, 0.4) is 0 Å². The third-order valence-electron chi connectivity index (χ3n) is 5.00. The summed E-state index contributed by atoms with van der Waals surface area (Å²) in [5, 5.41) is 19.6. The van der Waals surface area contributed by atoms with Crippen molar-refractivity contribution < 1.29 is 43.2 Å². The molecule has 14 nitrogen and oxygen atoms in total. The zero-order valence-electron chi connectivity index (χ0n) is 24.6. The Labute approximate surface area is 258 Å². The van der Waals surface area contributed by atoms with Crippen molar-refractivity contribution >= 4 is 52.7 Å². The van der Waals surface area contributed by atoms with Crippen molar-refractivity contribution in [1.29, 1.82) is 0 Å². The van der Waals surface area contributed by atoms with E-state index in [1.807, 2.05) is 18.2 Å². The minimum Gasteiger partial charge on any atom is -0.479 e. The Morgan fingerprint density at radius 3 is 1.48 bits per heavy atom. The van der Waals surface area contributed by atoms with Crippen LogP contribution in [0.15, 0.2) is 78.9 Å². The Morgan fingerprint density at radius 2 is 1.07 bits per heavy atom. The summed E-state index contributed by atoms with van der Waals surface area (Å²) in [7, 11) is 7.18. The molecule has 3 rings (SSSR count). The van der Waals surface area contributed by atoms with Gasteiger partial charge in [-0.1, -0.05) is 29.8 Å². The Morgan fingerprint density at radius 1 is 0.682 bits per heavy atom. The Bertz CT molecular complexity index is 1320. The molecule has 4 N–H and O–H groups in total. The SMILES string of the molecule is CN(OCC(=O)O)C(=O)Nc1ccc(F)cc1.CON(C)C(=O)Nc1ccc(Cl)cc1.CON(C)C(=O)Nc1ccccc1. The molecule has 0 atom stereocenters. The number of hydrogen-bond donors (Lipinski definition) is 4. The predicted octanol–water partition coefficient (Wildman–Crippen LogP) is 5.38. The number of hydrogen-bond acceptors (Lipinski definition) is 7. The fourth-order valence-corrected chi connectivity index (χ4v) is 2.70. The molecule has 0 saturated heterocycles. The van der Waals surface area contributed by atoms with Gasteiger partial charge >= 0.3 is 24.1 Å². The number of halogens is 2. The average molecular weight is 637 g/mol. The van der Waals surface area contributed by atoms with Gasteiger partial charge in [0, 0.05) is 43.2 Å². The van der Waals surface area contributed by atoms with E-state index in [2.05, 4.69) is 20.8 Å². The smallest absolute Gasteiger partial charge is 0.345 e. The summed E-state index contributed by atoms with van der Waals surface area (Å²) in [6.07, 6.45) is 0. The van der Waals surface area contributed by atoms with Gasteiger partial charge in [0.15, 0.2) is 6.61 Å². The maximum Gasteiger partial charge on any atom is 0.345 e. The molecule has 0 bridgehead atoms. The number of amides is 6. The van der Waals surface area contributed by atoms with Gasteiger partial charge in [-0.25, -0.2) is 38.8 Å². The molecule has 6 amide bonds. The van der Waals surface area contributed by atoms with Crippen molar-refractivity contribution in [3.8, 4) is 0 Å². The Kier molecular flexibility index (Phi) is 16.9. The number of carbonyl (C=O) groups excluding carboxylic acids is 3. The second kappa shape index (κ2) is 20.0. The number of urea groups is 3. The van der Waals surface area contributed by atoms with E-state index in [0.29, 0.717) is 16.4 Å². The number of carbonyl (C=O) groups is 4. The van der Waals surface area contributed by atoms with Crippen LogP contribution in [0.25, 0.3) is 0 Å². The van der Waals surface area contributed by atoms with Crippen LogP contribution < -0.4 is 16.0 Å². The number of anilines is 3. The average Bonchev–Trinajstić information content (AvgIpc) is 3.02. The zero-order chi connectivity index (χ0) is 33.1. The highest BCUT2D eigenvalue weighted by Gasteiger charge is 2.11. The van der Waals surface area contributed by atoms with Gasteiger partial charge in [0.05, 0.1) is 14.2 Å². The molecule has 16 heteroatoms. The fourth-order valence-electron chi connectivity index (χ4n) is 2.57. The van der Waals surface area contributed by atoms with E-state index < -0.39 is 24.4 Å². The van der Waals surface area contributed by atoms with E-state index in [0.717, 1.165) is 20.9 Å². The molecule has 3 aromatic carbocycles. The minimum atomic E-state index is -1.19. The number of benzene rings is 3. The van der Waals surface area contributed by atoms with Gasteiger partial charge in [0.1, 0.15) is 5.82 Å². The number of rotatable bonds is 8. The molecule has 0 aliphatic heterocycles. The summed E-state index contributed by atoms with van der Waals surface area (Å²) in [4.78, 5) is 58.1. The third-order valence-corrected chi connectivity index (χ3v) is 5.26. The minimum absolute atomic E-state index is 0.297. The zero-order valence-corrected chi connectivity index (χ0v) is 25.4. The highest BCUT2D eigenvalue weighted by Crippen LogP contribution is 2.13. The van der Waals surface area contributed by atoms with Crippen molar-refractivity contribution in [3.63, 3.8) is 0 Å². The first-order valence-electron chi connectivity index (χ1n) is 12.5. The molecule has 0 heterocycles. The molecule has 0 aromatic heterocycles. The summed E-state index contributed by atoms with van der Waals surface area (Å²) in [5.41, 5.74) is 1.79. The summed E-state index contributed by atoms with van der Waals surface area (Å²) in [5.74, 6) is -1.61. The second-order valence-corrected chi connectivity index (χ2v) is 8.63. The van der Waals surface area contributed by atoms with E-state index in [9.17, 15) is 23.6 Å². The van der Waals surface area contributed by atoms with Gasteiger partial charge in [-0.05, 0) is 60.7 Å². The first-order chi connectivity index (χ1) is 20.9. The number of carboxylic acid groups (broad SMARTS) is 1. The molecule has 0 spiro atoms. The number of nitrogens with zero attached hydrogens (tertiary/aromatic N) is 3. The highest BCUT2D eigenvalue weighted by atomic mass is 35.5. The molecule has 0 unspecified atom stereocenters. The molecule has 3 aromatic rings. The first kappa shape index (κ1) is 37.1. The van der Waals surface area contributed by atoms with Crippen molar-refractivity contribution in [3.05, 3.63) is 89.7 Å². The first-order valence-corrected chi connectivity index (χ1v) is 12.9. The van der Waals surface area contributed by atoms with E-state index in [-0.39, 0.29) is 12.1 Å². The maximum atomic E-state index is 12.6. The maximum absolute atomic E-state index is 12.6. The van der Waals surface area contributed by atoms with Gasteiger partial charge in [0.2, 0.25) is 0 Å². The lowest BCUT2D eigenvalue weighted by Crippen LogP contribution is -2.33. The monoisotopic (exact) mass is 636 g/mol. The summed E-state index contributed by atoms with van der Waals surface area (Å²) in [6.45, 7) is -0.618. The van der Waals surface area contributed by atoms with Gasteiger partial charge in [-0.2, -0.15) is 0 Å². The molecular weight excluding hydrogens is 603 g/mol. The van der Waals surface area contributed by atoms with E-state index in [4.69, 9.17) is 26.4 Å². The van der Waals surface area contributed by atoms with Gasteiger partial charge in [-0.3, -0.25) is 14.5 Å². The van der Waals surface area contributed by atoms with Crippen molar-refractivity contribution in [2.75, 3.05) is 57.9 Å². The topological polar surface area (TPSA) is 162 Å². The molecule has 0 aliphatic rings. The third kappa shape index (κ3) is 15.3. The molecule has 0 fully saturated rings. The normalized spacial score (nSPS) is 9.61. The largest absolute Gasteiger partial charge is 0.479 e. The molecule has 238 valence electrons. The lowest BCUT2D eigenvalue weighted by molar-refractivity contribution is -0.158. The number of nitrogens with one attached hydrogen (secondary N) is 3.